The molecule has 0 spiro atoms. The summed E-state index contributed by atoms with van der Waals surface area (Å²) in [6, 6.07) is -0.366. The fourth-order valence-corrected chi connectivity index (χ4v) is 0.968. The van der Waals surface area contributed by atoms with Crippen molar-refractivity contribution in [3.63, 3.8) is 0 Å². The van der Waals surface area contributed by atoms with Crippen molar-refractivity contribution in [3.05, 3.63) is 0 Å². The maximum atomic E-state index is 10.7. The van der Waals surface area contributed by atoms with Gasteiger partial charge in [-0.1, -0.05) is 6.92 Å². The molecular formula is C6H11NO2. The minimum absolute atomic E-state index is 0.0295. The Kier molecular flexibility index (Phi) is 1.83. The Bertz CT molecular complexity index is 124. The number of ether oxygens (including phenoxy) is 1. The molecule has 1 rings (SSSR count). The summed E-state index contributed by atoms with van der Waals surface area (Å²) in [5, 5.41) is 0. The number of hydrogen-bond acceptors (Lipinski definition) is 3. The zero-order chi connectivity index (χ0) is 6.85. The second kappa shape index (κ2) is 2.45. The Morgan fingerprint density at radius 1 is 1.89 bits per heavy atom. The van der Waals surface area contributed by atoms with Crippen molar-refractivity contribution in [1.29, 1.82) is 0 Å². The molecule has 3 nitrogen and oxygen atoms in total. The summed E-state index contributed by atoms with van der Waals surface area (Å²) in [7, 11) is 0. The van der Waals surface area contributed by atoms with Gasteiger partial charge >= 0.3 is 0 Å². The van der Waals surface area contributed by atoms with Crippen molar-refractivity contribution in [1.82, 2.24) is 0 Å². The Morgan fingerprint density at radius 2 is 2.56 bits per heavy atom. The summed E-state index contributed by atoms with van der Waals surface area (Å²) in [6.45, 7) is 2.17. The van der Waals surface area contributed by atoms with Crippen molar-refractivity contribution in [2.45, 2.75) is 25.5 Å². The molecular weight excluding hydrogens is 118 g/mol. The average Bonchev–Trinajstić information content (AvgIpc) is 2.15. The third-order valence-corrected chi connectivity index (χ3v) is 1.61. The van der Waals surface area contributed by atoms with Gasteiger partial charge in [-0.3, -0.25) is 4.79 Å². The molecule has 1 aliphatic rings. The van der Waals surface area contributed by atoms with Gasteiger partial charge in [-0.15, -0.1) is 0 Å². The Hall–Kier alpha value is -0.410. The Balaban J connectivity index is 2.51. The molecule has 0 saturated carbocycles. The van der Waals surface area contributed by atoms with Crippen LogP contribution in [0.25, 0.3) is 0 Å². The molecule has 52 valence electrons. The summed E-state index contributed by atoms with van der Waals surface area (Å²) in [5.74, 6) is 0.0295. The number of carbonyl (C=O) groups excluding carboxylic acids is 1. The van der Waals surface area contributed by atoms with Gasteiger partial charge in [-0.05, 0) is 6.42 Å². The second-order valence-corrected chi connectivity index (χ2v) is 2.25. The number of hydrogen-bond donors (Lipinski definition) is 1. The van der Waals surface area contributed by atoms with Gasteiger partial charge < -0.3 is 10.5 Å². The molecule has 2 N–H and O–H groups in total. The van der Waals surface area contributed by atoms with Crippen molar-refractivity contribution in [3.8, 4) is 0 Å². The zero-order valence-corrected chi connectivity index (χ0v) is 5.46. The molecule has 1 saturated heterocycles. The first-order valence-electron chi connectivity index (χ1n) is 3.15. The van der Waals surface area contributed by atoms with Crippen LogP contribution in [0, 0.1) is 0 Å². The number of ketones is 1. The molecule has 0 aromatic rings. The van der Waals surface area contributed by atoms with Crippen molar-refractivity contribution < 1.29 is 9.53 Å². The molecule has 0 amide bonds. The van der Waals surface area contributed by atoms with E-state index >= 15 is 0 Å². The summed E-state index contributed by atoms with van der Waals surface area (Å²) >= 11 is 0. The summed E-state index contributed by atoms with van der Waals surface area (Å²) in [6.07, 6.45) is 0.796. The highest BCUT2D eigenvalue weighted by Gasteiger charge is 2.30. The first-order valence-corrected chi connectivity index (χ1v) is 3.15. The largest absolute Gasteiger partial charge is 0.368 e. The van der Waals surface area contributed by atoms with E-state index in [1.54, 1.807) is 0 Å². The van der Waals surface area contributed by atoms with Crippen LogP contribution in [-0.2, 0) is 9.53 Å². The number of carbonyl (C=O) groups is 1. The summed E-state index contributed by atoms with van der Waals surface area (Å²) in [5.41, 5.74) is 5.46. The van der Waals surface area contributed by atoms with Gasteiger partial charge in [0.25, 0.3) is 0 Å². The third kappa shape index (κ3) is 1.11. The van der Waals surface area contributed by atoms with Crippen LogP contribution < -0.4 is 5.73 Å². The Labute approximate surface area is 54.2 Å². The molecule has 9 heavy (non-hydrogen) atoms. The van der Waals surface area contributed by atoms with Gasteiger partial charge in [0.05, 0.1) is 12.1 Å². The minimum Gasteiger partial charge on any atom is -0.368 e. The second-order valence-electron chi connectivity index (χ2n) is 2.25. The molecule has 2 atom stereocenters. The number of rotatable bonds is 1. The number of nitrogens with two attached hydrogens (primary N) is 1. The third-order valence-electron chi connectivity index (χ3n) is 1.61. The summed E-state index contributed by atoms with van der Waals surface area (Å²) in [4.78, 5) is 10.7. The van der Waals surface area contributed by atoms with Crippen LogP contribution in [0.5, 0.6) is 0 Å². The molecule has 1 aliphatic heterocycles. The molecule has 0 aromatic carbocycles. The Morgan fingerprint density at radius 3 is 2.78 bits per heavy atom. The molecule has 0 radical (unpaired) electrons. The molecule has 3 heteroatoms. The highest BCUT2D eigenvalue weighted by atomic mass is 16.5. The topological polar surface area (TPSA) is 52.3 Å². The highest BCUT2D eigenvalue weighted by molar-refractivity contribution is 5.87. The first kappa shape index (κ1) is 6.71. The van der Waals surface area contributed by atoms with E-state index in [1.807, 2.05) is 6.92 Å². The van der Waals surface area contributed by atoms with E-state index in [-0.39, 0.29) is 24.5 Å². The molecule has 1 heterocycles. The van der Waals surface area contributed by atoms with Gasteiger partial charge in [0.2, 0.25) is 0 Å². The van der Waals surface area contributed by atoms with E-state index in [9.17, 15) is 4.79 Å². The van der Waals surface area contributed by atoms with Crippen LogP contribution in [0.4, 0.5) is 0 Å². The highest BCUT2D eigenvalue weighted by Crippen LogP contribution is 2.10. The van der Waals surface area contributed by atoms with Crippen LogP contribution >= 0.6 is 0 Å². The maximum Gasteiger partial charge on any atom is 0.177 e. The van der Waals surface area contributed by atoms with Gasteiger partial charge in [0.15, 0.2) is 5.78 Å². The van der Waals surface area contributed by atoms with E-state index in [4.69, 9.17) is 10.5 Å². The van der Waals surface area contributed by atoms with Crippen LogP contribution in [0.3, 0.4) is 0 Å². The van der Waals surface area contributed by atoms with Crippen LogP contribution in [0.1, 0.15) is 13.3 Å². The van der Waals surface area contributed by atoms with Crippen molar-refractivity contribution in [2.75, 3.05) is 6.61 Å². The predicted molar refractivity (Wildman–Crippen MR) is 33.0 cm³/mol. The van der Waals surface area contributed by atoms with E-state index in [2.05, 4.69) is 0 Å². The first-order chi connectivity index (χ1) is 4.25. The monoisotopic (exact) mass is 129 g/mol. The maximum absolute atomic E-state index is 10.7. The standard InChI is InChI=1S/C6H11NO2/c1-2-5-6(7)4(8)3-9-5/h5-6H,2-3,7H2,1H3/t5-,6+/m0/s1. The predicted octanol–water partition coefficient (Wildman–Crippen LogP) is -0.308. The number of Topliss-reactive ketones (excluding diaryl/α,β-unsaturated/α-hetero) is 1. The fourth-order valence-electron chi connectivity index (χ4n) is 0.968. The molecule has 0 unspecified atom stereocenters. The van der Waals surface area contributed by atoms with Crippen molar-refractivity contribution in [2.24, 2.45) is 5.73 Å². The quantitative estimate of drug-likeness (QED) is 0.528. The molecule has 0 aromatic heterocycles. The van der Waals surface area contributed by atoms with Gasteiger partial charge in [-0.25, -0.2) is 0 Å². The molecule has 0 bridgehead atoms. The van der Waals surface area contributed by atoms with Gasteiger partial charge in [0, 0.05) is 0 Å². The fraction of sp³-hybridized carbons (Fsp3) is 0.833. The summed E-state index contributed by atoms with van der Waals surface area (Å²) < 4.78 is 5.05. The van der Waals surface area contributed by atoms with Crippen LogP contribution in [0.15, 0.2) is 0 Å². The normalized spacial score (nSPS) is 35.6. The van der Waals surface area contributed by atoms with Crippen LogP contribution in [0.2, 0.25) is 0 Å². The van der Waals surface area contributed by atoms with Gasteiger partial charge in [-0.2, -0.15) is 0 Å². The zero-order valence-electron chi connectivity index (χ0n) is 5.46. The lowest BCUT2D eigenvalue weighted by atomic mass is 10.1. The molecule has 0 aliphatic carbocycles. The SMILES string of the molecule is CC[C@@H]1OCC(=O)[C@H]1N. The lowest BCUT2D eigenvalue weighted by Crippen LogP contribution is -2.35. The van der Waals surface area contributed by atoms with E-state index < -0.39 is 0 Å². The van der Waals surface area contributed by atoms with Gasteiger partial charge in [0.1, 0.15) is 6.61 Å². The van der Waals surface area contributed by atoms with E-state index in [0.29, 0.717) is 0 Å². The lowest BCUT2D eigenvalue weighted by molar-refractivity contribution is -0.118. The van der Waals surface area contributed by atoms with Crippen molar-refractivity contribution >= 4 is 5.78 Å². The van der Waals surface area contributed by atoms with E-state index in [1.165, 1.54) is 0 Å². The smallest absolute Gasteiger partial charge is 0.177 e. The average molecular weight is 129 g/mol. The molecule has 1 fully saturated rings. The van der Waals surface area contributed by atoms with E-state index in [0.717, 1.165) is 6.42 Å². The lowest BCUT2D eigenvalue weighted by Gasteiger charge is -2.08. The van der Waals surface area contributed by atoms with Crippen LogP contribution in [-0.4, -0.2) is 24.5 Å². The minimum atomic E-state index is -0.366.